The number of carbonyl (C=O) groups excluding carboxylic acids is 4. The van der Waals surface area contributed by atoms with Gasteiger partial charge in [0.2, 0.25) is 0 Å². The van der Waals surface area contributed by atoms with E-state index in [1.54, 1.807) is 0 Å². The van der Waals surface area contributed by atoms with E-state index < -0.39 is 97.5 Å². The lowest BCUT2D eigenvalue weighted by molar-refractivity contribution is -0.161. The Bertz CT molecular complexity index is 2010. The Balaban J connectivity index is 5.22. The Hall–Kier alpha value is -1.94. The predicted molar refractivity (Wildman–Crippen MR) is 428 cm³/mol. The zero-order valence-electron chi connectivity index (χ0n) is 68.5. The Morgan fingerprint density at radius 1 is 0.279 bits per heavy atom. The highest BCUT2D eigenvalue weighted by Crippen LogP contribution is 2.45. The second-order valence-electron chi connectivity index (χ2n) is 31.8. The van der Waals surface area contributed by atoms with E-state index in [0.717, 1.165) is 114 Å². The van der Waals surface area contributed by atoms with Crippen LogP contribution in [0.4, 0.5) is 0 Å². The van der Waals surface area contributed by atoms with Crippen LogP contribution in [0.15, 0.2) is 0 Å². The van der Waals surface area contributed by atoms with Crippen LogP contribution in [0.25, 0.3) is 0 Å². The van der Waals surface area contributed by atoms with Gasteiger partial charge in [0.1, 0.15) is 19.3 Å². The minimum Gasteiger partial charge on any atom is -0.462 e. The van der Waals surface area contributed by atoms with E-state index in [9.17, 15) is 43.2 Å². The molecule has 0 aromatic heterocycles. The van der Waals surface area contributed by atoms with Crippen LogP contribution in [0.3, 0.4) is 0 Å². The van der Waals surface area contributed by atoms with Crippen LogP contribution in [0.5, 0.6) is 0 Å². The predicted octanol–water partition coefficient (Wildman–Crippen LogP) is 25.7. The van der Waals surface area contributed by atoms with E-state index in [4.69, 9.17) is 37.0 Å². The lowest BCUT2D eigenvalue weighted by Gasteiger charge is -2.21. The molecule has 0 saturated heterocycles. The van der Waals surface area contributed by atoms with Crippen molar-refractivity contribution in [1.82, 2.24) is 0 Å². The average Bonchev–Trinajstić information content (AvgIpc) is 0.908. The molecule has 104 heavy (non-hydrogen) atoms. The third kappa shape index (κ3) is 76.8. The highest BCUT2D eigenvalue weighted by molar-refractivity contribution is 7.47. The first kappa shape index (κ1) is 102. The highest BCUT2D eigenvalue weighted by atomic mass is 31.2. The van der Waals surface area contributed by atoms with Gasteiger partial charge in [-0.1, -0.05) is 395 Å². The number of esters is 4. The molecule has 0 saturated carbocycles. The van der Waals surface area contributed by atoms with Crippen molar-refractivity contribution in [1.29, 1.82) is 0 Å². The number of rotatable bonds is 83. The number of phosphoric acid groups is 2. The van der Waals surface area contributed by atoms with E-state index in [-0.39, 0.29) is 25.7 Å². The Kier molecular flexibility index (Phi) is 73.7. The molecule has 0 aliphatic heterocycles. The minimum atomic E-state index is -4.97. The van der Waals surface area contributed by atoms with Gasteiger partial charge in [-0.2, -0.15) is 0 Å². The molecule has 0 bridgehead atoms. The Morgan fingerprint density at radius 3 is 0.731 bits per heavy atom. The first-order valence-corrected chi connectivity index (χ1v) is 46.9. The summed E-state index contributed by atoms with van der Waals surface area (Å²) in [5.41, 5.74) is 0. The summed E-state index contributed by atoms with van der Waals surface area (Å²) in [6, 6.07) is 0. The number of hydrogen-bond donors (Lipinski definition) is 3. The van der Waals surface area contributed by atoms with Crippen molar-refractivity contribution in [2.24, 2.45) is 17.8 Å². The number of hydrogen-bond acceptors (Lipinski definition) is 15. The first-order chi connectivity index (χ1) is 50.3. The largest absolute Gasteiger partial charge is 0.472 e. The smallest absolute Gasteiger partial charge is 0.462 e. The molecule has 0 fully saturated rings. The highest BCUT2D eigenvalue weighted by Gasteiger charge is 2.30. The molecule has 17 nitrogen and oxygen atoms in total. The first-order valence-electron chi connectivity index (χ1n) is 43.9. The quantitative estimate of drug-likeness (QED) is 0.0222. The van der Waals surface area contributed by atoms with Crippen LogP contribution < -0.4 is 0 Å². The van der Waals surface area contributed by atoms with Gasteiger partial charge in [0.15, 0.2) is 12.2 Å². The van der Waals surface area contributed by atoms with Gasteiger partial charge in [0.25, 0.3) is 0 Å². The second kappa shape index (κ2) is 75.1. The molecule has 0 heterocycles. The van der Waals surface area contributed by atoms with Crippen molar-refractivity contribution in [2.75, 3.05) is 39.6 Å². The Morgan fingerprint density at radius 2 is 0.490 bits per heavy atom. The molecule has 0 amide bonds. The zero-order valence-corrected chi connectivity index (χ0v) is 70.3. The molecule has 0 aromatic rings. The van der Waals surface area contributed by atoms with Gasteiger partial charge in [0.05, 0.1) is 26.4 Å². The van der Waals surface area contributed by atoms with Crippen molar-refractivity contribution in [3.63, 3.8) is 0 Å². The van der Waals surface area contributed by atoms with Gasteiger partial charge in [0, 0.05) is 25.7 Å². The van der Waals surface area contributed by atoms with Gasteiger partial charge in [-0.15, -0.1) is 0 Å². The summed E-state index contributed by atoms with van der Waals surface area (Å²) >= 11 is 0. The van der Waals surface area contributed by atoms with Crippen LogP contribution in [-0.2, 0) is 65.4 Å². The monoisotopic (exact) mass is 1520 g/mol. The summed E-state index contributed by atoms with van der Waals surface area (Å²) in [7, 11) is -9.93. The van der Waals surface area contributed by atoms with E-state index >= 15 is 0 Å². The van der Waals surface area contributed by atoms with Gasteiger partial charge in [-0.05, 0) is 43.4 Å². The van der Waals surface area contributed by atoms with E-state index in [2.05, 4.69) is 48.5 Å². The molecule has 6 atom stereocenters. The topological polar surface area (TPSA) is 237 Å². The molecule has 0 rings (SSSR count). The van der Waals surface area contributed by atoms with Gasteiger partial charge >= 0.3 is 39.5 Å². The van der Waals surface area contributed by atoms with Crippen molar-refractivity contribution in [3.8, 4) is 0 Å². The summed E-state index contributed by atoms with van der Waals surface area (Å²) in [6.07, 6.45) is 65.4. The lowest BCUT2D eigenvalue weighted by atomic mass is 10.00. The number of unbranched alkanes of at least 4 members (excludes halogenated alkanes) is 50. The van der Waals surface area contributed by atoms with Crippen molar-refractivity contribution < 1.29 is 80.2 Å². The molecule has 0 aromatic carbocycles. The molecular weight excluding hydrogens is 1350 g/mol. The summed E-state index contributed by atoms with van der Waals surface area (Å²) < 4.78 is 68.8. The third-order valence-electron chi connectivity index (χ3n) is 20.2. The molecule has 618 valence electrons. The third-order valence-corrected chi connectivity index (χ3v) is 22.1. The number of phosphoric ester groups is 2. The van der Waals surface area contributed by atoms with Gasteiger partial charge in [-0.25, -0.2) is 9.13 Å². The SMILES string of the molecule is CCCCCCCCCCCCCCCCCCCCCCCCC(=O)O[C@H](COC(=O)CCCCCCCCCCCCCCCCCC(C)C)COP(=O)(O)OC[C@@H](O)COP(=O)(O)OC[C@@H](COC(=O)CCCCCCCCC(C)CC)OC(=O)CCCCCCCCCCCCCC(C)C. The van der Waals surface area contributed by atoms with Crippen LogP contribution in [-0.4, -0.2) is 96.7 Å². The number of aliphatic hydroxyl groups excluding tert-OH is 1. The van der Waals surface area contributed by atoms with Crippen molar-refractivity contribution >= 4 is 39.5 Å². The lowest BCUT2D eigenvalue weighted by Crippen LogP contribution is -2.30. The molecule has 0 radical (unpaired) electrons. The summed E-state index contributed by atoms with van der Waals surface area (Å²) in [5, 5.41) is 10.7. The minimum absolute atomic E-state index is 0.106. The maximum atomic E-state index is 13.1. The number of aliphatic hydroxyl groups is 1. The van der Waals surface area contributed by atoms with E-state index in [1.807, 2.05) is 0 Å². The normalized spacial score (nSPS) is 14.2. The summed E-state index contributed by atoms with van der Waals surface area (Å²) in [6.45, 7) is 11.9. The molecular formula is C85H166O17P2. The van der Waals surface area contributed by atoms with E-state index in [1.165, 1.54) is 250 Å². The summed E-state index contributed by atoms with van der Waals surface area (Å²) in [5.74, 6) is 0.193. The molecule has 3 N–H and O–H groups in total. The fraction of sp³-hybridized carbons (Fsp3) is 0.953. The van der Waals surface area contributed by atoms with Gasteiger partial charge in [-0.3, -0.25) is 37.3 Å². The van der Waals surface area contributed by atoms with Crippen molar-refractivity contribution in [3.05, 3.63) is 0 Å². The summed E-state index contributed by atoms with van der Waals surface area (Å²) in [4.78, 5) is 73.1. The molecule has 19 heteroatoms. The molecule has 0 aliphatic rings. The number of carbonyl (C=O) groups is 4. The molecule has 3 unspecified atom stereocenters. The van der Waals surface area contributed by atoms with Crippen LogP contribution in [0.1, 0.15) is 447 Å². The van der Waals surface area contributed by atoms with E-state index in [0.29, 0.717) is 25.7 Å². The van der Waals surface area contributed by atoms with Gasteiger partial charge < -0.3 is 33.8 Å². The second-order valence-corrected chi connectivity index (χ2v) is 34.7. The molecule has 0 aliphatic carbocycles. The molecule has 0 spiro atoms. The van der Waals surface area contributed by atoms with Crippen LogP contribution in [0, 0.1) is 17.8 Å². The van der Waals surface area contributed by atoms with Crippen LogP contribution in [0.2, 0.25) is 0 Å². The Labute approximate surface area is 638 Å². The maximum Gasteiger partial charge on any atom is 0.472 e. The average molecular weight is 1520 g/mol. The van der Waals surface area contributed by atoms with Crippen LogP contribution >= 0.6 is 15.6 Å². The fourth-order valence-electron chi connectivity index (χ4n) is 13.2. The maximum absolute atomic E-state index is 13.1. The number of ether oxygens (including phenoxy) is 4. The van der Waals surface area contributed by atoms with Crippen molar-refractivity contribution in [2.45, 2.75) is 465 Å². The zero-order chi connectivity index (χ0) is 76.5. The standard InChI is InChI=1S/C85H166O17P2/c1-8-10-11-12-13-14-15-16-17-18-19-20-21-22-23-26-30-35-40-45-54-61-68-84(89)101-80(72-95-82(87)66-59-52-44-39-34-29-27-24-25-28-32-37-42-49-56-63-76(3)4)74-99-103(91,92)97-70-79(86)71-98-104(93,94)100-75-81(73-96-83(88)67-60-53-48-47-51-58-65-78(7)9-2)102-85(90)69-62-55-46-41-36-31-33-38-43-50-57-64-77(5)6/h76-81,86H,8-75H2,1-7H3,(H,91,92)(H,93,94)/t78?,79-,80-,81-/m1/s1. The fourth-order valence-corrected chi connectivity index (χ4v) is 14.7.